The van der Waals surface area contributed by atoms with E-state index in [1.165, 1.54) is 12.1 Å². The van der Waals surface area contributed by atoms with Crippen LogP contribution in [0.1, 0.15) is 55.5 Å². The maximum atomic E-state index is 12.7. The molecule has 7 heteroatoms. The fourth-order valence-electron chi connectivity index (χ4n) is 3.26. The van der Waals surface area contributed by atoms with Crippen molar-refractivity contribution in [2.75, 3.05) is 0 Å². The highest BCUT2D eigenvalue weighted by Gasteiger charge is 2.25. The van der Waals surface area contributed by atoms with Crippen LogP contribution in [0.5, 0.6) is 5.88 Å². The number of nitrogens with zero attached hydrogens (tertiary/aromatic N) is 1. The van der Waals surface area contributed by atoms with Crippen LogP contribution in [0, 0.1) is 0 Å². The van der Waals surface area contributed by atoms with Crippen LogP contribution in [0.25, 0.3) is 0 Å². The molecule has 0 spiro atoms. The Labute approximate surface area is 166 Å². The van der Waals surface area contributed by atoms with Crippen LogP contribution in [-0.2, 0) is 16.4 Å². The van der Waals surface area contributed by atoms with Crippen molar-refractivity contribution < 1.29 is 17.9 Å². The third-order valence-electron chi connectivity index (χ3n) is 4.93. The zero-order valence-electron chi connectivity index (χ0n) is 16.2. The van der Waals surface area contributed by atoms with Gasteiger partial charge in [-0.2, -0.15) is 0 Å². The summed E-state index contributed by atoms with van der Waals surface area (Å²) in [5.74, 6) is 0.0910. The van der Waals surface area contributed by atoms with Gasteiger partial charge in [0.15, 0.2) is 9.84 Å². The quantitative estimate of drug-likeness (QED) is 0.766. The molecule has 0 radical (unpaired) electrons. The summed E-state index contributed by atoms with van der Waals surface area (Å²) in [6, 6.07) is 9.94. The summed E-state index contributed by atoms with van der Waals surface area (Å²) in [7, 11) is -3.56. The van der Waals surface area contributed by atoms with E-state index in [9.17, 15) is 13.2 Å². The average molecular weight is 403 g/mol. The Kier molecular flexibility index (Phi) is 6.34. The third kappa shape index (κ3) is 4.52. The lowest BCUT2D eigenvalue weighted by Crippen LogP contribution is -2.27. The minimum Gasteiger partial charge on any atom is -0.474 e. The fourth-order valence-corrected chi connectivity index (χ4v) is 4.50. The Bertz CT molecular complexity index is 935. The van der Waals surface area contributed by atoms with Crippen molar-refractivity contribution in [3.8, 4) is 5.88 Å². The van der Waals surface area contributed by atoms with E-state index in [2.05, 4.69) is 10.3 Å². The van der Waals surface area contributed by atoms with Crippen molar-refractivity contribution in [3.05, 3.63) is 53.7 Å². The standard InChI is InChI=1S/C21H26N2O4S/c1-15(2)28(25,26)19-12-6-5-11-18(19)20(24)23-14-16-8-7-13-22-21(16)27-17-9-3-4-10-17/h5-8,11-13,15,17H,3-4,9-10,14H2,1-2H3,(H,23,24). The molecular weight excluding hydrogens is 376 g/mol. The molecule has 3 rings (SSSR count). The molecule has 1 amide bonds. The Morgan fingerprint density at radius 3 is 2.61 bits per heavy atom. The average Bonchev–Trinajstić information content (AvgIpc) is 3.20. The topological polar surface area (TPSA) is 85.4 Å². The Morgan fingerprint density at radius 2 is 1.89 bits per heavy atom. The molecule has 0 atom stereocenters. The van der Waals surface area contributed by atoms with Crippen LogP contribution in [0.15, 0.2) is 47.5 Å². The summed E-state index contributed by atoms with van der Waals surface area (Å²) >= 11 is 0. The first-order valence-electron chi connectivity index (χ1n) is 9.61. The van der Waals surface area contributed by atoms with E-state index in [1.807, 2.05) is 6.07 Å². The molecule has 2 aromatic rings. The van der Waals surface area contributed by atoms with E-state index in [0.29, 0.717) is 5.88 Å². The van der Waals surface area contributed by atoms with Gasteiger partial charge < -0.3 is 10.1 Å². The predicted octanol–water partition coefficient (Wildman–Crippen LogP) is 3.52. The largest absolute Gasteiger partial charge is 0.474 e. The summed E-state index contributed by atoms with van der Waals surface area (Å²) < 4.78 is 31.1. The highest BCUT2D eigenvalue weighted by molar-refractivity contribution is 7.92. The molecule has 1 aliphatic carbocycles. The van der Waals surface area contributed by atoms with Gasteiger partial charge in [0.1, 0.15) is 6.10 Å². The summed E-state index contributed by atoms with van der Waals surface area (Å²) in [5.41, 5.74) is 0.922. The molecule has 0 bridgehead atoms. The van der Waals surface area contributed by atoms with Gasteiger partial charge in [0.2, 0.25) is 5.88 Å². The number of hydrogen-bond acceptors (Lipinski definition) is 5. The summed E-state index contributed by atoms with van der Waals surface area (Å²) in [6.45, 7) is 3.42. The molecule has 150 valence electrons. The van der Waals surface area contributed by atoms with Crippen LogP contribution >= 0.6 is 0 Å². The lowest BCUT2D eigenvalue weighted by Gasteiger charge is -2.16. The number of rotatable bonds is 7. The number of amides is 1. The minimum absolute atomic E-state index is 0.0520. The molecule has 1 saturated carbocycles. The molecule has 28 heavy (non-hydrogen) atoms. The third-order valence-corrected chi connectivity index (χ3v) is 7.14. The van der Waals surface area contributed by atoms with Crippen molar-refractivity contribution in [3.63, 3.8) is 0 Å². The van der Waals surface area contributed by atoms with Crippen molar-refractivity contribution in [2.24, 2.45) is 0 Å². The number of benzene rings is 1. The van der Waals surface area contributed by atoms with Crippen LogP contribution in [-0.4, -0.2) is 30.7 Å². The first-order valence-corrected chi connectivity index (χ1v) is 11.2. The first kappa shape index (κ1) is 20.3. The molecule has 1 aliphatic rings. The maximum Gasteiger partial charge on any atom is 0.252 e. The normalized spacial score (nSPS) is 15.0. The van der Waals surface area contributed by atoms with Gasteiger partial charge >= 0.3 is 0 Å². The van der Waals surface area contributed by atoms with Crippen molar-refractivity contribution in [1.82, 2.24) is 10.3 Å². The SMILES string of the molecule is CC(C)S(=O)(=O)c1ccccc1C(=O)NCc1cccnc1OC1CCCC1. The molecule has 1 aromatic heterocycles. The molecule has 1 fully saturated rings. The number of aromatic nitrogens is 1. The molecule has 1 heterocycles. The molecular formula is C21H26N2O4S. The second kappa shape index (κ2) is 8.73. The molecule has 1 aromatic carbocycles. The number of hydrogen-bond donors (Lipinski definition) is 1. The van der Waals surface area contributed by atoms with Crippen LogP contribution in [0.3, 0.4) is 0 Å². The smallest absolute Gasteiger partial charge is 0.252 e. The van der Waals surface area contributed by atoms with E-state index >= 15 is 0 Å². The summed E-state index contributed by atoms with van der Waals surface area (Å²) in [6.07, 6.45) is 6.18. The van der Waals surface area contributed by atoms with Crippen molar-refractivity contribution in [2.45, 2.75) is 62.3 Å². The number of sulfone groups is 1. The van der Waals surface area contributed by atoms with Gasteiger partial charge in [-0.3, -0.25) is 4.79 Å². The highest BCUT2D eigenvalue weighted by Crippen LogP contribution is 2.25. The van der Waals surface area contributed by atoms with Crippen LogP contribution < -0.4 is 10.1 Å². The molecule has 0 saturated heterocycles. The summed E-state index contributed by atoms with van der Waals surface area (Å²) in [5, 5.41) is 2.20. The van der Waals surface area contributed by atoms with Gasteiger partial charge in [0.05, 0.1) is 15.7 Å². The van der Waals surface area contributed by atoms with Crippen molar-refractivity contribution >= 4 is 15.7 Å². The fraction of sp³-hybridized carbons (Fsp3) is 0.429. The van der Waals surface area contributed by atoms with Gasteiger partial charge in [-0.1, -0.05) is 18.2 Å². The Hall–Kier alpha value is -2.41. The van der Waals surface area contributed by atoms with Crippen molar-refractivity contribution in [1.29, 1.82) is 0 Å². The number of carbonyl (C=O) groups is 1. The van der Waals surface area contributed by atoms with Gasteiger partial charge in [-0.15, -0.1) is 0 Å². The van der Waals surface area contributed by atoms with Gasteiger partial charge in [-0.25, -0.2) is 13.4 Å². The number of pyridine rings is 1. The van der Waals surface area contributed by atoms with Gasteiger partial charge in [0, 0.05) is 18.3 Å². The van der Waals surface area contributed by atoms with Gasteiger partial charge in [-0.05, 0) is 57.7 Å². The lowest BCUT2D eigenvalue weighted by atomic mass is 10.2. The predicted molar refractivity (Wildman–Crippen MR) is 107 cm³/mol. The molecule has 1 N–H and O–H groups in total. The summed E-state index contributed by atoms with van der Waals surface area (Å²) in [4.78, 5) is 17.1. The second-order valence-corrected chi connectivity index (χ2v) is 9.74. The second-order valence-electron chi connectivity index (χ2n) is 7.26. The highest BCUT2D eigenvalue weighted by atomic mass is 32.2. The zero-order valence-corrected chi connectivity index (χ0v) is 17.0. The van der Waals surface area contributed by atoms with E-state index in [1.54, 1.807) is 38.2 Å². The van der Waals surface area contributed by atoms with Gasteiger partial charge in [0.25, 0.3) is 5.91 Å². The molecule has 0 aliphatic heterocycles. The Balaban J connectivity index is 1.75. The Morgan fingerprint density at radius 1 is 1.18 bits per heavy atom. The minimum atomic E-state index is -3.56. The maximum absolute atomic E-state index is 12.7. The number of ether oxygens (including phenoxy) is 1. The van der Waals surface area contributed by atoms with E-state index in [0.717, 1.165) is 31.2 Å². The lowest BCUT2D eigenvalue weighted by molar-refractivity contribution is 0.0947. The zero-order chi connectivity index (χ0) is 20.1. The van der Waals surface area contributed by atoms with Crippen LogP contribution in [0.4, 0.5) is 0 Å². The van der Waals surface area contributed by atoms with Crippen LogP contribution in [0.2, 0.25) is 0 Å². The number of carbonyl (C=O) groups excluding carboxylic acids is 1. The monoisotopic (exact) mass is 402 g/mol. The van der Waals surface area contributed by atoms with E-state index < -0.39 is 21.0 Å². The molecule has 6 nitrogen and oxygen atoms in total. The number of nitrogens with one attached hydrogen (secondary N) is 1. The first-order chi connectivity index (χ1) is 13.4. The molecule has 0 unspecified atom stereocenters. The van der Waals surface area contributed by atoms with E-state index in [-0.39, 0.29) is 23.1 Å². The van der Waals surface area contributed by atoms with E-state index in [4.69, 9.17) is 4.74 Å².